The highest BCUT2D eigenvalue weighted by Crippen LogP contribution is 2.51. The van der Waals surface area contributed by atoms with Crippen LogP contribution in [-0.2, 0) is 10.3 Å². The number of nitrogens with one attached hydrogen (secondary N) is 2. The third kappa shape index (κ3) is 5.33. The van der Waals surface area contributed by atoms with Crippen molar-refractivity contribution in [1.82, 2.24) is 30.5 Å². The summed E-state index contributed by atoms with van der Waals surface area (Å²) in [5, 5.41) is 10.6. The van der Waals surface area contributed by atoms with Gasteiger partial charge in [0.25, 0.3) is 5.91 Å². The van der Waals surface area contributed by atoms with E-state index in [4.69, 9.17) is 4.74 Å². The first-order valence-electron chi connectivity index (χ1n) is 11.9. The van der Waals surface area contributed by atoms with Crippen LogP contribution in [0.4, 0.5) is 30.7 Å². The number of halogens is 7. The third-order valence-corrected chi connectivity index (χ3v) is 7.69. The second kappa shape index (κ2) is 10.0. The number of alkyl halides is 6. The monoisotopic (exact) mass is 592 g/mol. The largest absolute Gasteiger partial charge is 0.493 e. The Morgan fingerprint density at radius 3 is 2.50 bits per heavy atom. The van der Waals surface area contributed by atoms with Crippen molar-refractivity contribution in [3.63, 3.8) is 0 Å². The first-order valence-corrected chi connectivity index (χ1v) is 12.7. The molecule has 1 atom stereocenters. The van der Waals surface area contributed by atoms with Crippen LogP contribution in [0.1, 0.15) is 53.5 Å². The van der Waals surface area contributed by atoms with Gasteiger partial charge in [0.05, 0.1) is 6.61 Å². The van der Waals surface area contributed by atoms with Crippen molar-refractivity contribution in [2.24, 2.45) is 0 Å². The minimum atomic E-state index is -5.25. The molecule has 214 valence electrons. The Hall–Kier alpha value is -3.76. The van der Waals surface area contributed by atoms with E-state index in [-0.39, 0.29) is 22.2 Å². The van der Waals surface area contributed by atoms with Crippen LogP contribution in [0, 0.1) is 5.82 Å². The number of aromatic nitrogens is 5. The van der Waals surface area contributed by atoms with Gasteiger partial charge in [-0.3, -0.25) is 4.79 Å². The molecule has 1 aliphatic carbocycles. The Kier molecular flexibility index (Phi) is 6.96. The molecule has 3 aromatic rings. The normalized spacial score (nSPS) is 20.1. The van der Waals surface area contributed by atoms with Crippen LogP contribution in [0.5, 0.6) is 5.75 Å². The zero-order valence-electron chi connectivity index (χ0n) is 20.2. The zero-order valence-corrected chi connectivity index (χ0v) is 21.0. The number of carbonyl (C=O) groups is 1. The van der Waals surface area contributed by atoms with Gasteiger partial charge < -0.3 is 10.1 Å². The molecule has 1 unspecified atom stereocenters. The smallest absolute Gasteiger partial charge is 0.416 e. The van der Waals surface area contributed by atoms with Crippen molar-refractivity contribution in [3.05, 3.63) is 56.1 Å². The molecular formula is C23H19F7N6O3S. The third-order valence-electron chi connectivity index (χ3n) is 6.47. The lowest BCUT2D eigenvalue weighted by Crippen LogP contribution is -2.59. The van der Waals surface area contributed by atoms with Crippen molar-refractivity contribution < 1.29 is 40.3 Å². The number of benzene rings is 1. The Morgan fingerprint density at radius 2 is 1.90 bits per heavy atom. The molecule has 2 aromatic heterocycles. The van der Waals surface area contributed by atoms with Gasteiger partial charge in [0.15, 0.2) is 5.54 Å². The molecule has 9 nitrogen and oxygen atoms in total. The Balaban J connectivity index is 1.55. The van der Waals surface area contributed by atoms with Gasteiger partial charge in [-0.2, -0.15) is 31.0 Å². The van der Waals surface area contributed by atoms with Crippen LogP contribution in [0.2, 0.25) is 0 Å². The van der Waals surface area contributed by atoms with Crippen molar-refractivity contribution in [1.29, 1.82) is 0 Å². The van der Waals surface area contributed by atoms with Gasteiger partial charge in [-0.1, -0.05) is 0 Å². The maximum atomic E-state index is 15.3. The molecule has 2 N–H and O–H groups in total. The van der Waals surface area contributed by atoms with Crippen LogP contribution >= 0.6 is 11.3 Å². The van der Waals surface area contributed by atoms with Gasteiger partial charge in [0, 0.05) is 41.1 Å². The van der Waals surface area contributed by atoms with Gasteiger partial charge in [-0.25, -0.2) is 19.3 Å². The molecule has 17 heteroatoms. The lowest BCUT2D eigenvalue weighted by molar-refractivity contribution is -0.202. The number of H-pyrrole nitrogens is 1. The van der Waals surface area contributed by atoms with E-state index in [9.17, 15) is 35.9 Å². The minimum absolute atomic E-state index is 0.0281. The second-order valence-corrected chi connectivity index (χ2v) is 10.4. The molecule has 1 saturated carbocycles. The number of thiazole rings is 1. The molecule has 2 aliphatic rings. The summed E-state index contributed by atoms with van der Waals surface area (Å²) in [4.78, 5) is 30.5. The maximum Gasteiger partial charge on any atom is 0.416 e. The number of ether oxygens (including phenoxy) is 1. The van der Waals surface area contributed by atoms with E-state index >= 15 is 4.39 Å². The van der Waals surface area contributed by atoms with E-state index < -0.39 is 72.4 Å². The van der Waals surface area contributed by atoms with E-state index in [0.717, 1.165) is 41.2 Å². The standard InChI is InChI=1S/C23H19F7N6O3S/c24-15-8-12(39-7-1-6-22(25,26)27)4-5-14(15)21(23(28,29)30)9-13(19-31-10-16(40-19)11-2-3-11)17(18(37)32-21)36-20(38)33-34-35-36/h4-5,8,10-11H,1-3,6-7,9H2,(H,32,37)(H,33,35,38). The number of rotatable bonds is 8. The lowest BCUT2D eigenvalue weighted by Gasteiger charge is -2.40. The fourth-order valence-corrected chi connectivity index (χ4v) is 5.52. The highest BCUT2D eigenvalue weighted by molar-refractivity contribution is 7.13. The molecule has 5 rings (SSSR count). The zero-order chi connectivity index (χ0) is 28.9. The van der Waals surface area contributed by atoms with Gasteiger partial charge >= 0.3 is 18.0 Å². The number of tetrazole rings is 1. The highest BCUT2D eigenvalue weighted by Gasteiger charge is 2.61. The van der Waals surface area contributed by atoms with Crippen molar-refractivity contribution in [2.45, 2.75) is 55.9 Å². The Labute approximate surface area is 224 Å². The fourth-order valence-electron chi connectivity index (χ4n) is 4.39. The van der Waals surface area contributed by atoms with Crippen LogP contribution in [0.3, 0.4) is 0 Å². The molecule has 1 aromatic carbocycles. The minimum Gasteiger partial charge on any atom is -0.493 e. The van der Waals surface area contributed by atoms with Gasteiger partial charge in [-0.05, 0) is 47.7 Å². The first kappa shape index (κ1) is 27.8. The van der Waals surface area contributed by atoms with Crippen LogP contribution in [0.15, 0.2) is 29.2 Å². The van der Waals surface area contributed by atoms with E-state index in [1.54, 1.807) is 0 Å². The first-order chi connectivity index (χ1) is 18.8. The SMILES string of the molecule is O=C1NC(c2ccc(OCCCC(F)(F)F)cc2F)(C(F)(F)F)CC(c2ncc(C3CC3)s2)=C1n1nn[nH]c1=O. The van der Waals surface area contributed by atoms with Gasteiger partial charge in [0.2, 0.25) is 0 Å². The van der Waals surface area contributed by atoms with E-state index in [1.807, 2.05) is 10.4 Å². The van der Waals surface area contributed by atoms with Crippen LogP contribution in [-0.4, -0.2) is 50.1 Å². The van der Waals surface area contributed by atoms with Crippen molar-refractivity contribution >= 4 is 28.5 Å². The van der Waals surface area contributed by atoms with Crippen molar-refractivity contribution in [3.8, 4) is 5.75 Å². The predicted molar refractivity (Wildman–Crippen MR) is 126 cm³/mol. The summed E-state index contributed by atoms with van der Waals surface area (Å²) < 4.78 is 102. The number of aromatic amines is 1. The van der Waals surface area contributed by atoms with Gasteiger partial charge in [0.1, 0.15) is 22.3 Å². The molecule has 0 saturated heterocycles. The summed E-state index contributed by atoms with van der Waals surface area (Å²) in [5.74, 6) is -2.88. The molecule has 0 bridgehead atoms. The van der Waals surface area contributed by atoms with E-state index in [1.165, 1.54) is 6.20 Å². The molecule has 1 fully saturated rings. The number of hydrogen-bond donors (Lipinski definition) is 2. The van der Waals surface area contributed by atoms with Crippen molar-refractivity contribution in [2.75, 3.05) is 6.61 Å². The van der Waals surface area contributed by atoms with Crippen LogP contribution in [0.25, 0.3) is 11.3 Å². The van der Waals surface area contributed by atoms with E-state index in [2.05, 4.69) is 15.4 Å². The summed E-state index contributed by atoms with van der Waals surface area (Å²) in [6.07, 6.45) is -9.07. The number of nitrogens with zero attached hydrogens (tertiary/aromatic N) is 4. The summed E-state index contributed by atoms with van der Waals surface area (Å²) in [6.45, 7) is -0.449. The quantitative estimate of drug-likeness (QED) is 0.294. The molecule has 0 radical (unpaired) electrons. The summed E-state index contributed by atoms with van der Waals surface area (Å²) in [6, 6.07) is 2.34. The predicted octanol–water partition coefficient (Wildman–Crippen LogP) is 4.51. The molecule has 1 aliphatic heterocycles. The van der Waals surface area contributed by atoms with Gasteiger partial charge in [-0.15, -0.1) is 11.3 Å². The average molecular weight is 592 g/mol. The summed E-state index contributed by atoms with van der Waals surface area (Å²) >= 11 is 1.06. The fraction of sp³-hybridized carbons (Fsp3) is 0.435. The molecule has 1 amide bonds. The lowest BCUT2D eigenvalue weighted by atomic mass is 9.79. The Bertz CT molecular complexity index is 1520. The maximum absolute atomic E-state index is 15.3. The summed E-state index contributed by atoms with van der Waals surface area (Å²) in [5.41, 5.74) is -6.07. The number of carbonyl (C=O) groups excluding carboxylic acids is 1. The highest BCUT2D eigenvalue weighted by atomic mass is 32.1. The Morgan fingerprint density at radius 1 is 1.15 bits per heavy atom. The summed E-state index contributed by atoms with van der Waals surface area (Å²) in [7, 11) is 0. The number of amides is 1. The van der Waals surface area contributed by atoms with Crippen LogP contribution < -0.4 is 15.7 Å². The number of hydrogen-bond acceptors (Lipinski definition) is 7. The van der Waals surface area contributed by atoms with E-state index in [0.29, 0.717) is 10.7 Å². The second-order valence-electron chi connectivity index (χ2n) is 9.33. The molecule has 0 spiro atoms. The topological polar surface area (TPSA) is 115 Å². The molecule has 40 heavy (non-hydrogen) atoms. The molecular weight excluding hydrogens is 573 g/mol. The molecule has 3 heterocycles. The average Bonchev–Trinajstić information content (AvgIpc) is 3.44.